The molecule has 2 rings (SSSR count). The number of nitrogens with two attached hydrogens (primary N) is 1. The summed E-state index contributed by atoms with van der Waals surface area (Å²) in [6.45, 7) is 0.563. The van der Waals surface area contributed by atoms with Gasteiger partial charge in [-0.3, -0.25) is 4.79 Å². The Hall–Kier alpha value is -0.880. The van der Waals surface area contributed by atoms with Crippen LogP contribution in [0.15, 0.2) is 15.6 Å². The maximum Gasteiger partial charge on any atom is 0.267 e. The van der Waals surface area contributed by atoms with Crippen LogP contribution >= 0.6 is 15.9 Å². The van der Waals surface area contributed by atoms with Gasteiger partial charge in [-0.25, -0.2) is 4.98 Å². The van der Waals surface area contributed by atoms with Crippen LogP contribution in [-0.2, 0) is 0 Å². The van der Waals surface area contributed by atoms with Crippen molar-refractivity contribution in [3.05, 3.63) is 21.2 Å². The highest BCUT2D eigenvalue weighted by atomic mass is 79.9. The van der Waals surface area contributed by atoms with E-state index in [-0.39, 0.29) is 11.1 Å². The molecule has 0 saturated heterocycles. The number of hydrogen-bond donors (Lipinski definition) is 3. The van der Waals surface area contributed by atoms with E-state index < -0.39 is 0 Å². The molecule has 15 heavy (non-hydrogen) atoms. The lowest BCUT2D eigenvalue weighted by Gasteiger charge is -2.42. The van der Waals surface area contributed by atoms with E-state index in [0.717, 1.165) is 12.8 Å². The molecule has 6 heteroatoms. The molecule has 82 valence electrons. The van der Waals surface area contributed by atoms with Gasteiger partial charge in [-0.05, 0) is 35.2 Å². The molecule has 0 amide bonds. The van der Waals surface area contributed by atoms with Crippen molar-refractivity contribution in [2.75, 3.05) is 11.9 Å². The minimum atomic E-state index is -0.181. The smallest absolute Gasteiger partial charge is 0.267 e. The number of hydrogen-bond acceptors (Lipinski definition) is 4. The molecule has 1 fully saturated rings. The largest absolute Gasteiger partial charge is 0.362 e. The quantitative estimate of drug-likeness (QED) is 0.761. The van der Waals surface area contributed by atoms with Crippen molar-refractivity contribution in [1.29, 1.82) is 0 Å². The second-order valence-corrected chi connectivity index (χ2v) is 4.65. The van der Waals surface area contributed by atoms with Gasteiger partial charge in [0.05, 0.1) is 11.9 Å². The van der Waals surface area contributed by atoms with Crippen LogP contribution in [0.4, 0.5) is 5.82 Å². The van der Waals surface area contributed by atoms with E-state index in [1.807, 2.05) is 0 Å². The molecule has 1 heterocycles. The molecule has 0 aliphatic heterocycles. The third-order valence-corrected chi connectivity index (χ3v) is 3.62. The monoisotopic (exact) mass is 272 g/mol. The van der Waals surface area contributed by atoms with Crippen molar-refractivity contribution >= 4 is 21.7 Å². The Bertz CT molecular complexity index is 407. The zero-order chi connectivity index (χ0) is 10.9. The molecule has 4 N–H and O–H groups in total. The van der Waals surface area contributed by atoms with Gasteiger partial charge in [0.15, 0.2) is 0 Å². The fourth-order valence-electron chi connectivity index (χ4n) is 1.71. The van der Waals surface area contributed by atoms with Gasteiger partial charge in [0.2, 0.25) is 0 Å². The third-order valence-electron chi connectivity index (χ3n) is 2.88. The first-order chi connectivity index (χ1) is 7.17. The van der Waals surface area contributed by atoms with E-state index in [0.29, 0.717) is 16.8 Å². The van der Waals surface area contributed by atoms with Gasteiger partial charge in [0.1, 0.15) is 10.3 Å². The number of nitrogens with zero attached hydrogens (tertiary/aromatic N) is 1. The Morgan fingerprint density at radius 2 is 2.40 bits per heavy atom. The highest BCUT2D eigenvalue weighted by molar-refractivity contribution is 9.10. The van der Waals surface area contributed by atoms with Crippen molar-refractivity contribution in [3.63, 3.8) is 0 Å². The SMILES string of the molecule is NCC1(Nc2nc[nH]c(=O)c2Br)CCC1. The van der Waals surface area contributed by atoms with Crippen molar-refractivity contribution in [1.82, 2.24) is 9.97 Å². The van der Waals surface area contributed by atoms with Crippen LogP contribution in [-0.4, -0.2) is 22.1 Å². The molecule has 1 aromatic heterocycles. The summed E-state index contributed by atoms with van der Waals surface area (Å²) in [7, 11) is 0. The van der Waals surface area contributed by atoms with E-state index in [9.17, 15) is 4.79 Å². The summed E-state index contributed by atoms with van der Waals surface area (Å²) in [6, 6.07) is 0. The maximum atomic E-state index is 11.3. The van der Waals surface area contributed by atoms with E-state index in [1.54, 1.807) is 0 Å². The van der Waals surface area contributed by atoms with E-state index >= 15 is 0 Å². The van der Waals surface area contributed by atoms with Gasteiger partial charge in [-0.2, -0.15) is 0 Å². The molecule has 1 aromatic rings. The highest BCUT2D eigenvalue weighted by Gasteiger charge is 2.36. The van der Waals surface area contributed by atoms with Crippen LogP contribution in [0.1, 0.15) is 19.3 Å². The first-order valence-corrected chi connectivity index (χ1v) is 5.68. The summed E-state index contributed by atoms with van der Waals surface area (Å²) in [6.07, 6.45) is 4.62. The number of aromatic amines is 1. The predicted octanol–water partition coefficient (Wildman–Crippen LogP) is 0.826. The topological polar surface area (TPSA) is 83.8 Å². The van der Waals surface area contributed by atoms with Crippen LogP contribution < -0.4 is 16.6 Å². The number of aromatic nitrogens is 2. The molecule has 0 bridgehead atoms. The Morgan fingerprint density at radius 3 is 2.93 bits per heavy atom. The maximum absolute atomic E-state index is 11.3. The van der Waals surface area contributed by atoms with Crippen molar-refractivity contribution in [2.24, 2.45) is 5.73 Å². The van der Waals surface area contributed by atoms with Crippen molar-refractivity contribution in [3.8, 4) is 0 Å². The normalized spacial score (nSPS) is 18.3. The Labute approximate surface area is 95.6 Å². The van der Waals surface area contributed by atoms with E-state index in [1.165, 1.54) is 12.7 Å². The average Bonchev–Trinajstić information content (AvgIpc) is 2.18. The molecule has 5 nitrogen and oxygen atoms in total. The van der Waals surface area contributed by atoms with Crippen LogP contribution in [0, 0.1) is 0 Å². The number of nitrogens with one attached hydrogen (secondary N) is 2. The summed E-state index contributed by atoms with van der Waals surface area (Å²) >= 11 is 3.21. The van der Waals surface area contributed by atoms with Crippen LogP contribution in [0.3, 0.4) is 0 Å². The molecular weight excluding hydrogens is 260 g/mol. The fourth-order valence-corrected chi connectivity index (χ4v) is 2.02. The second kappa shape index (κ2) is 3.94. The zero-order valence-corrected chi connectivity index (χ0v) is 9.80. The first-order valence-electron chi connectivity index (χ1n) is 4.88. The predicted molar refractivity (Wildman–Crippen MR) is 61.8 cm³/mol. The molecule has 0 atom stereocenters. The number of rotatable bonds is 3. The summed E-state index contributed by atoms with van der Waals surface area (Å²) < 4.78 is 0.435. The zero-order valence-electron chi connectivity index (χ0n) is 8.22. The first kappa shape index (κ1) is 10.6. The van der Waals surface area contributed by atoms with Crippen LogP contribution in [0.25, 0.3) is 0 Å². The lowest BCUT2D eigenvalue weighted by atomic mass is 9.77. The molecule has 0 unspecified atom stereocenters. The lowest BCUT2D eigenvalue weighted by Crippen LogP contribution is -2.51. The van der Waals surface area contributed by atoms with Gasteiger partial charge in [0, 0.05) is 6.54 Å². The average molecular weight is 273 g/mol. The molecule has 0 spiro atoms. The molecule has 0 radical (unpaired) electrons. The Balaban J connectivity index is 2.24. The minimum absolute atomic E-state index is 0.0662. The Morgan fingerprint density at radius 1 is 1.67 bits per heavy atom. The van der Waals surface area contributed by atoms with E-state index in [2.05, 4.69) is 31.2 Å². The van der Waals surface area contributed by atoms with Gasteiger partial charge >= 0.3 is 0 Å². The van der Waals surface area contributed by atoms with E-state index in [4.69, 9.17) is 5.73 Å². The van der Waals surface area contributed by atoms with Crippen LogP contribution in [0.2, 0.25) is 0 Å². The summed E-state index contributed by atoms with van der Waals surface area (Å²) in [5, 5.41) is 3.25. The highest BCUT2D eigenvalue weighted by Crippen LogP contribution is 2.34. The summed E-state index contributed by atoms with van der Waals surface area (Å²) in [4.78, 5) is 17.9. The van der Waals surface area contributed by atoms with Crippen LogP contribution in [0.5, 0.6) is 0 Å². The summed E-state index contributed by atoms with van der Waals surface area (Å²) in [5.74, 6) is 0.573. The molecule has 1 aliphatic carbocycles. The second-order valence-electron chi connectivity index (χ2n) is 3.86. The third kappa shape index (κ3) is 1.91. The molecule has 1 aliphatic rings. The number of anilines is 1. The fraction of sp³-hybridized carbons (Fsp3) is 0.556. The van der Waals surface area contributed by atoms with Gasteiger partial charge in [-0.15, -0.1) is 0 Å². The molecule has 0 aromatic carbocycles. The molecular formula is C9H13BrN4O. The van der Waals surface area contributed by atoms with Gasteiger partial charge in [-0.1, -0.05) is 0 Å². The molecule has 1 saturated carbocycles. The van der Waals surface area contributed by atoms with Gasteiger partial charge < -0.3 is 16.0 Å². The number of H-pyrrole nitrogens is 1. The standard InChI is InChI=1S/C9H13BrN4O/c10-6-7(12-5-13-8(6)15)14-9(4-11)2-1-3-9/h5H,1-4,11H2,(H2,12,13,14,15). The van der Waals surface area contributed by atoms with Crippen molar-refractivity contribution < 1.29 is 0 Å². The van der Waals surface area contributed by atoms with Crippen molar-refractivity contribution in [2.45, 2.75) is 24.8 Å². The minimum Gasteiger partial charge on any atom is -0.362 e. The van der Waals surface area contributed by atoms with Gasteiger partial charge in [0.25, 0.3) is 5.56 Å². The lowest BCUT2D eigenvalue weighted by molar-refractivity contribution is 0.286. The summed E-state index contributed by atoms with van der Waals surface area (Å²) in [5.41, 5.74) is 5.47. The number of halogens is 1. The Kier molecular flexibility index (Phi) is 2.79.